The van der Waals surface area contributed by atoms with E-state index in [9.17, 15) is 0 Å². The third-order valence-corrected chi connectivity index (χ3v) is 2.01. The van der Waals surface area contributed by atoms with Crippen molar-refractivity contribution in [3.63, 3.8) is 0 Å². The van der Waals surface area contributed by atoms with Gasteiger partial charge in [0.25, 0.3) is 0 Å². The minimum Gasteiger partial charge on any atom is -0.497 e. The zero-order valence-corrected chi connectivity index (χ0v) is 10.4. The Morgan fingerprint density at radius 1 is 1.14 bits per heavy atom. The molecular weight excluding hydrogens is 196 g/mol. The normalized spacial score (nSPS) is 9.36. The van der Waals surface area contributed by atoms with E-state index in [4.69, 9.17) is 16.3 Å². The lowest BCUT2D eigenvalue weighted by atomic mass is 10.0. The topological polar surface area (TPSA) is 9.23 Å². The number of methoxy groups -OCH3 is 1. The van der Waals surface area contributed by atoms with E-state index in [1.54, 1.807) is 7.11 Å². The molecule has 0 aliphatic rings. The third kappa shape index (κ3) is 4.01. The minimum absolute atomic E-state index is 0.484. The maximum Gasteiger partial charge on any atom is 0.120 e. The van der Waals surface area contributed by atoms with E-state index >= 15 is 0 Å². The van der Waals surface area contributed by atoms with Crippen molar-refractivity contribution in [3.8, 4) is 5.75 Å². The Bertz CT molecular complexity index is 269. The molecule has 0 aliphatic heterocycles. The SMILES string of the molecule is CC.COc1cc(Cl)cc(C(C)C)c1. The van der Waals surface area contributed by atoms with Crippen molar-refractivity contribution in [2.45, 2.75) is 33.6 Å². The molecule has 80 valence electrons. The number of ether oxygens (including phenoxy) is 1. The maximum atomic E-state index is 5.89. The van der Waals surface area contributed by atoms with Gasteiger partial charge in [0.15, 0.2) is 0 Å². The predicted molar refractivity (Wildman–Crippen MR) is 63.4 cm³/mol. The Hall–Kier alpha value is -0.690. The Morgan fingerprint density at radius 3 is 2.14 bits per heavy atom. The number of halogens is 1. The van der Waals surface area contributed by atoms with Crippen molar-refractivity contribution in [2.24, 2.45) is 0 Å². The summed E-state index contributed by atoms with van der Waals surface area (Å²) in [7, 11) is 1.65. The standard InChI is InChI=1S/C10H13ClO.C2H6/c1-7(2)8-4-9(11)6-10(5-8)12-3;1-2/h4-7H,1-3H3;1-2H3. The number of benzene rings is 1. The highest BCUT2D eigenvalue weighted by molar-refractivity contribution is 6.30. The van der Waals surface area contributed by atoms with Crippen molar-refractivity contribution < 1.29 is 4.74 Å². The van der Waals surface area contributed by atoms with Gasteiger partial charge in [-0.15, -0.1) is 0 Å². The average Bonchev–Trinajstić information content (AvgIpc) is 2.20. The summed E-state index contributed by atoms with van der Waals surface area (Å²) in [6.07, 6.45) is 0. The van der Waals surface area contributed by atoms with Crippen LogP contribution in [0, 0.1) is 0 Å². The van der Waals surface area contributed by atoms with Gasteiger partial charge < -0.3 is 4.74 Å². The first-order chi connectivity index (χ1) is 6.63. The second kappa shape index (κ2) is 6.72. The predicted octanol–water partition coefficient (Wildman–Crippen LogP) is 4.50. The van der Waals surface area contributed by atoms with Crippen molar-refractivity contribution in [1.82, 2.24) is 0 Å². The van der Waals surface area contributed by atoms with Crippen LogP contribution in [-0.4, -0.2) is 7.11 Å². The lowest BCUT2D eigenvalue weighted by Crippen LogP contribution is -1.89. The monoisotopic (exact) mass is 214 g/mol. The van der Waals surface area contributed by atoms with Gasteiger partial charge in [0, 0.05) is 5.02 Å². The summed E-state index contributed by atoms with van der Waals surface area (Å²) in [5.41, 5.74) is 1.21. The first-order valence-corrected chi connectivity index (χ1v) is 5.35. The van der Waals surface area contributed by atoms with Gasteiger partial charge in [-0.25, -0.2) is 0 Å². The first kappa shape index (κ1) is 13.3. The molecule has 1 rings (SSSR count). The Morgan fingerprint density at radius 2 is 1.71 bits per heavy atom. The van der Waals surface area contributed by atoms with Crippen molar-refractivity contribution in [2.75, 3.05) is 7.11 Å². The molecule has 0 atom stereocenters. The zero-order valence-electron chi connectivity index (χ0n) is 9.60. The average molecular weight is 215 g/mol. The quantitative estimate of drug-likeness (QED) is 0.705. The molecule has 0 unspecified atom stereocenters. The molecule has 0 N–H and O–H groups in total. The van der Waals surface area contributed by atoms with Gasteiger partial charge in [0.1, 0.15) is 5.75 Å². The van der Waals surface area contributed by atoms with E-state index in [0.717, 1.165) is 10.8 Å². The summed E-state index contributed by atoms with van der Waals surface area (Å²) in [4.78, 5) is 0. The first-order valence-electron chi connectivity index (χ1n) is 4.98. The summed E-state index contributed by atoms with van der Waals surface area (Å²) >= 11 is 5.89. The molecule has 0 aliphatic carbocycles. The van der Waals surface area contributed by atoms with Crippen LogP contribution in [0.15, 0.2) is 18.2 Å². The molecule has 0 heterocycles. The van der Waals surface area contributed by atoms with Crippen LogP contribution < -0.4 is 4.74 Å². The molecular formula is C12H19ClO. The molecule has 1 aromatic rings. The fraction of sp³-hybridized carbons (Fsp3) is 0.500. The molecule has 1 aromatic carbocycles. The molecule has 0 saturated heterocycles. The van der Waals surface area contributed by atoms with E-state index < -0.39 is 0 Å². The van der Waals surface area contributed by atoms with Crippen LogP contribution in [0.5, 0.6) is 5.75 Å². The highest BCUT2D eigenvalue weighted by Gasteiger charge is 2.02. The molecule has 2 heteroatoms. The molecule has 0 radical (unpaired) electrons. The van der Waals surface area contributed by atoms with Crippen LogP contribution in [0.1, 0.15) is 39.2 Å². The van der Waals surface area contributed by atoms with Crippen LogP contribution in [0.2, 0.25) is 5.02 Å². The summed E-state index contributed by atoms with van der Waals surface area (Å²) < 4.78 is 5.10. The van der Waals surface area contributed by atoms with Crippen LogP contribution >= 0.6 is 11.6 Å². The summed E-state index contributed by atoms with van der Waals surface area (Å²) in [5, 5.41) is 0.734. The lowest BCUT2D eigenvalue weighted by molar-refractivity contribution is 0.414. The van der Waals surface area contributed by atoms with Gasteiger partial charge in [-0.1, -0.05) is 39.3 Å². The second-order valence-corrected chi connectivity index (χ2v) is 3.52. The van der Waals surface area contributed by atoms with Gasteiger partial charge in [-0.05, 0) is 29.7 Å². The van der Waals surface area contributed by atoms with E-state index in [1.165, 1.54) is 5.56 Å². The molecule has 0 fully saturated rings. The van der Waals surface area contributed by atoms with Crippen LogP contribution in [0.3, 0.4) is 0 Å². The molecule has 0 spiro atoms. The largest absolute Gasteiger partial charge is 0.497 e. The minimum atomic E-state index is 0.484. The highest BCUT2D eigenvalue weighted by Crippen LogP contribution is 2.25. The van der Waals surface area contributed by atoms with Crippen molar-refractivity contribution >= 4 is 11.6 Å². The maximum absolute atomic E-state index is 5.89. The Labute approximate surface area is 92.0 Å². The van der Waals surface area contributed by atoms with Gasteiger partial charge in [-0.2, -0.15) is 0 Å². The molecule has 1 nitrogen and oxygen atoms in total. The molecule has 0 amide bonds. The van der Waals surface area contributed by atoms with Gasteiger partial charge in [0.05, 0.1) is 7.11 Å². The van der Waals surface area contributed by atoms with Crippen LogP contribution in [0.25, 0.3) is 0 Å². The van der Waals surface area contributed by atoms with E-state index in [2.05, 4.69) is 13.8 Å². The van der Waals surface area contributed by atoms with Crippen molar-refractivity contribution in [3.05, 3.63) is 28.8 Å². The van der Waals surface area contributed by atoms with Gasteiger partial charge in [-0.3, -0.25) is 0 Å². The zero-order chi connectivity index (χ0) is 11.1. The van der Waals surface area contributed by atoms with Gasteiger partial charge in [0.2, 0.25) is 0 Å². The second-order valence-electron chi connectivity index (χ2n) is 3.08. The van der Waals surface area contributed by atoms with E-state index in [0.29, 0.717) is 5.92 Å². The number of hydrogen-bond donors (Lipinski definition) is 0. The molecule has 14 heavy (non-hydrogen) atoms. The fourth-order valence-electron chi connectivity index (χ4n) is 1.04. The smallest absolute Gasteiger partial charge is 0.120 e. The van der Waals surface area contributed by atoms with E-state index in [1.807, 2.05) is 32.0 Å². The number of hydrogen-bond acceptors (Lipinski definition) is 1. The Balaban J connectivity index is 0.000000791. The van der Waals surface area contributed by atoms with E-state index in [-0.39, 0.29) is 0 Å². The summed E-state index contributed by atoms with van der Waals surface area (Å²) in [6, 6.07) is 5.79. The van der Waals surface area contributed by atoms with Gasteiger partial charge >= 0.3 is 0 Å². The van der Waals surface area contributed by atoms with Crippen LogP contribution in [0.4, 0.5) is 0 Å². The lowest BCUT2D eigenvalue weighted by Gasteiger charge is -2.08. The Kier molecular flexibility index (Phi) is 6.39. The molecule has 0 aromatic heterocycles. The van der Waals surface area contributed by atoms with Crippen LogP contribution in [-0.2, 0) is 0 Å². The summed E-state index contributed by atoms with van der Waals surface area (Å²) in [5.74, 6) is 1.31. The highest BCUT2D eigenvalue weighted by atomic mass is 35.5. The third-order valence-electron chi connectivity index (χ3n) is 1.80. The molecule has 0 bridgehead atoms. The number of rotatable bonds is 2. The fourth-order valence-corrected chi connectivity index (χ4v) is 1.27. The van der Waals surface area contributed by atoms with Crippen molar-refractivity contribution in [1.29, 1.82) is 0 Å². The summed E-state index contributed by atoms with van der Waals surface area (Å²) in [6.45, 7) is 8.26. The molecule has 0 saturated carbocycles.